The number of halogens is 1. The monoisotopic (exact) mass is 388 g/mol. The third-order valence-electron chi connectivity index (χ3n) is 4.42. The number of hydrogen-bond donors (Lipinski definition) is 3. The van der Waals surface area contributed by atoms with Gasteiger partial charge in [0.2, 0.25) is 0 Å². The van der Waals surface area contributed by atoms with E-state index in [9.17, 15) is 14.7 Å². The van der Waals surface area contributed by atoms with Crippen molar-refractivity contribution in [2.75, 3.05) is 19.7 Å². The molecule has 1 aliphatic heterocycles. The van der Waals surface area contributed by atoms with E-state index < -0.39 is 5.60 Å². The van der Waals surface area contributed by atoms with Crippen LogP contribution in [0.25, 0.3) is 0 Å². The van der Waals surface area contributed by atoms with E-state index in [4.69, 9.17) is 16.3 Å². The van der Waals surface area contributed by atoms with Crippen molar-refractivity contribution in [2.45, 2.75) is 18.1 Å². The minimum absolute atomic E-state index is 0.0791. The lowest BCUT2D eigenvalue weighted by molar-refractivity contribution is 0.0217. The number of rotatable bonds is 6. The van der Waals surface area contributed by atoms with E-state index in [-0.39, 0.29) is 37.6 Å². The van der Waals surface area contributed by atoms with Crippen LogP contribution in [-0.4, -0.2) is 48.3 Å². The standard InChI is InChI=1S/C20H21ClN2O4/c21-17-9-5-4-8-16(17)19(25)22-11-15-10-20(26,13-27-15)12-23-18(24)14-6-2-1-3-7-14/h1-9,15,26H,10-13H2,(H,22,25)(H,23,24)/t15-,20-/m0/s1. The molecule has 27 heavy (non-hydrogen) atoms. The summed E-state index contributed by atoms with van der Waals surface area (Å²) in [6, 6.07) is 15.6. The van der Waals surface area contributed by atoms with E-state index in [0.29, 0.717) is 22.6 Å². The van der Waals surface area contributed by atoms with Gasteiger partial charge in [0.15, 0.2) is 0 Å². The lowest BCUT2D eigenvalue weighted by Crippen LogP contribution is -2.44. The molecule has 1 heterocycles. The van der Waals surface area contributed by atoms with E-state index in [0.717, 1.165) is 0 Å². The highest BCUT2D eigenvalue weighted by Crippen LogP contribution is 2.23. The molecule has 142 valence electrons. The van der Waals surface area contributed by atoms with Crippen molar-refractivity contribution in [1.82, 2.24) is 10.6 Å². The zero-order chi connectivity index (χ0) is 19.3. The number of carbonyl (C=O) groups excluding carboxylic acids is 2. The molecule has 3 rings (SSSR count). The summed E-state index contributed by atoms with van der Waals surface area (Å²) in [5, 5.41) is 16.5. The van der Waals surface area contributed by atoms with Crippen molar-refractivity contribution in [3.8, 4) is 0 Å². The predicted octanol–water partition coefficient (Wildman–Crippen LogP) is 2.02. The Hall–Kier alpha value is -2.41. The summed E-state index contributed by atoms with van der Waals surface area (Å²) in [4.78, 5) is 24.3. The molecule has 1 saturated heterocycles. The molecule has 2 aromatic rings. The molecule has 0 spiro atoms. The molecule has 0 saturated carbocycles. The second-order valence-corrected chi connectivity index (χ2v) is 7.01. The van der Waals surface area contributed by atoms with Crippen LogP contribution < -0.4 is 10.6 Å². The van der Waals surface area contributed by atoms with Crippen LogP contribution in [0.3, 0.4) is 0 Å². The summed E-state index contributed by atoms with van der Waals surface area (Å²) in [6.45, 7) is 0.420. The Labute approximate surface area is 162 Å². The lowest BCUT2D eigenvalue weighted by Gasteiger charge is -2.21. The summed E-state index contributed by atoms with van der Waals surface area (Å²) in [7, 11) is 0. The first-order valence-corrected chi connectivity index (χ1v) is 9.05. The third-order valence-corrected chi connectivity index (χ3v) is 4.75. The van der Waals surface area contributed by atoms with Crippen LogP contribution in [0, 0.1) is 0 Å². The first kappa shape index (κ1) is 19.4. The molecule has 2 atom stereocenters. The van der Waals surface area contributed by atoms with Crippen molar-refractivity contribution in [3.63, 3.8) is 0 Å². The molecule has 2 aromatic carbocycles. The van der Waals surface area contributed by atoms with E-state index in [1.54, 1.807) is 48.5 Å². The summed E-state index contributed by atoms with van der Waals surface area (Å²) in [5.41, 5.74) is -0.240. The van der Waals surface area contributed by atoms with Gasteiger partial charge in [0.1, 0.15) is 5.60 Å². The molecule has 0 radical (unpaired) electrons. The number of nitrogens with one attached hydrogen (secondary N) is 2. The Balaban J connectivity index is 1.47. The summed E-state index contributed by atoms with van der Waals surface area (Å²) >= 11 is 6.01. The van der Waals surface area contributed by atoms with Crippen molar-refractivity contribution in [1.29, 1.82) is 0 Å². The Morgan fingerprint density at radius 2 is 1.78 bits per heavy atom. The zero-order valence-corrected chi connectivity index (χ0v) is 15.4. The quantitative estimate of drug-likeness (QED) is 0.706. The molecule has 0 aromatic heterocycles. The Bertz CT molecular complexity index is 815. The van der Waals surface area contributed by atoms with Gasteiger partial charge in [-0.2, -0.15) is 0 Å². The summed E-state index contributed by atoms with van der Waals surface area (Å²) in [6.07, 6.45) is -0.0275. The minimum Gasteiger partial charge on any atom is -0.386 e. The molecule has 1 fully saturated rings. The fourth-order valence-corrected chi connectivity index (χ4v) is 3.17. The molecule has 7 heteroatoms. The zero-order valence-electron chi connectivity index (χ0n) is 14.7. The van der Waals surface area contributed by atoms with Gasteiger partial charge in [0, 0.05) is 25.1 Å². The molecular weight excluding hydrogens is 368 g/mol. The lowest BCUT2D eigenvalue weighted by atomic mass is 10.00. The van der Waals surface area contributed by atoms with Crippen LogP contribution in [-0.2, 0) is 4.74 Å². The van der Waals surface area contributed by atoms with Crippen LogP contribution in [0.4, 0.5) is 0 Å². The number of benzene rings is 2. The average Bonchev–Trinajstić information content (AvgIpc) is 3.07. The molecule has 0 bridgehead atoms. The molecule has 0 unspecified atom stereocenters. The van der Waals surface area contributed by atoms with Crippen LogP contribution in [0.1, 0.15) is 27.1 Å². The van der Waals surface area contributed by atoms with Gasteiger partial charge >= 0.3 is 0 Å². The Morgan fingerprint density at radius 1 is 1.07 bits per heavy atom. The maximum absolute atomic E-state index is 12.2. The molecular formula is C20H21ClN2O4. The molecule has 1 aliphatic rings. The predicted molar refractivity (Wildman–Crippen MR) is 102 cm³/mol. The van der Waals surface area contributed by atoms with Crippen molar-refractivity contribution in [3.05, 3.63) is 70.7 Å². The third kappa shape index (κ3) is 5.07. The number of hydrogen-bond acceptors (Lipinski definition) is 4. The fraction of sp³-hybridized carbons (Fsp3) is 0.300. The van der Waals surface area contributed by atoms with Gasteiger partial charge in [0.05, 0.1) is 23.3 Å². The smallest absolute Gasteiger partial charge is 0.252 e. The van der Waals surface area contributed by atoms with Crippen LogP contribution in [0.15, 0.2) is 54.6 Å². The highest BCUT2D eigenvalue weighted by Gasteiger charge is 2.38. The number of carbonyl (C=O) groups is 2. The van der Waals surface area contributed by atoms with Gasteiger partial charge < -0.3 is 20.5 Å². The number of amides is 2. The normalized spacial score (nSPS) is 21.6. The Kier molecular flexibility index (Phi) is 6.11. The number of aliphatic hydroxyl groups is 1. The van der Waals surface area contributed by atoms with Crippen molar-refractivity contribution >= 4 is 23.4 Å². The van der Waals surface area contributed by atoms with E-state index in [1.807, 2.05) is 6.07 Å². The van der Waals surface area contributed by atoms with E-state index in [2.05, 4.69) is 10.6 Å². The molecule has 2 amide bonds. The van der Waals surface area contributed by atoms with Gasteiger partial charge in [0.25, 0.3) is 11.8 Å². The molecule has 6 nitrogen and oxygen atoms in total. The van der Waals surface area contributed by atoms with Gasteiger partial charge in [-0.1, -0.05) is 41.9 Å². The summed E-state index contributed by atoms with van der Waals surface area (Å²) < 4.78 is 5.57. The van der Waals surface area contributed by atoms with Crippen LogP contribution in [0.5, 0.6) is 0 Å². The van der Waals surface area contributed by atoms with Crippen LogP contribution in [0.2, 0.25) is 5.02 Å². The maximum Gasteiger partial charge on any atom is 0.252 e. The highest BCUT2D eigenvalue weighted by molar-refractivity contribution is 6.33. The van der Waals surface area contributed by atoms with Gasteiger partial charge in [-0.3, -0.25) is 9.59 Å². The van der Waals surface area contributed by atoms with Gasteiger partial charge in [-0.15, -0.1) is 0 Å². The van der Waals surface area contributed by atoms with Crippen LogP contribution >= 0.6 is 11.6 Å². The second-order valence-electron chi connectivity index (χ2n) is 6.60. The van der Waals surface area contributed by atoms with E-state index in [1.165, 1.54) is 0 Å². The van der Waals surface area contributed by atoms with Crippen molar-refractivity contribution in [2.24, 2.45) is 0 Å². The van der Waals surface area contributed by atoms with E-state index >= 15 is 0 Å². The average molecular weight is 389 g/mol. The first-order chi connectivity index (χ1) is 13.0. The first-order valence-electron chi connectivity index (χ1n) is 8.67. The largest absolute Gasteiger partial charge is 0.386 e. The minimum atomic E-state index is -1.16. The molecule has 3 N–H and O–H groups in total. The van der Waals surface area contributed by atoms with Gasteiger partial charge in [-0.05, 0) is 24.3 Å². The van der Waals surface area contributed by atoms with Gasteiger partial charge in [-0.25, -0.2) is 0 Å². The number of ether oxygens (including phenoxy) is 1. The second kappa shape index (κ2) is 8.52. The van der Waals surface area contributed by atoms with Crippen molar-refractivity contribution < 1.29 is 19.4 Å². The SMILES string of the molecule is O=C(NC[C@]1(O)CO[C@H](CNC(=O)c2ccccc2Cl)C1)c1ccccc1. The maximum atomic E-state index is 12.2. The Morgan fingerprint density at radius 3 is 2.52 bits per heavy atom. The topological polar surface area (TPSA) is 87.7 Å². The molecule has 0 aliphatic carbocycles. The fourth-order valence-electron chi connectivity index (χ4n) is 2.95. The summed E-state index contributed by atoms with van der Waals surface area (Å²) in [5.74, 6) is -0.545. The highest BCUT2D eigenvalue weighted by atomic mass is 35.5.